The van der Waals surface area contributed by atoms with Gasteiger partial charge in [0.1, 0.15) is 12.4 Å². The molecule has 1 aliphatic rings. The Labute approximate surface area is 169 Å². The van der Waals surface area contributed by atoms with Crippen molar-refractivity contribution in [3.63, 3.8) is 0 Å². The van der Waals surface area contributed by atoms with Gasteiger partial charge in [0.15, 0.2) is 12.6 Å². The van der Waals surface area contributed by atoms with E-state index < -0.39 is 6.29 Å². The number of rotatable bonds is 8. The van der Waals surface area contributed by atoms with Crippen molar-refractivity contribution in [3.05, 3.63) is 65.2 Å². The van der Waals surface area contributed by atoms with Gasteiger partial charge >= 0.3 is 0 Å². The number of carbonyl (C=O) groups is 2. The number of methoxy groups -OCH3 is 1. The SMILES string of the molecule is COC(O)Cc1ccccc1C(=O)N1CCOC[C@H]1COc1ccccc1C=O. The summed E-state index contributed by atoms with van der Waals surface area (Å²) >= 11 is 0. The van der Waals surface area contributed by atoms with Gasteiger partial charge in [-0.1, -0.05) is 30.3 Å². The van der Waals surface area contributed by atoms with Crippen molar-refractivity contribution in [1.82, 2.24) is 4.90 Å². The number of para-hydroxylation sites is 1. The Morgan fingerprint density at radius 1 is 1.28 bits per heavy atom. The van der Waals surface area contributed by atoms with E-state index in [9.17, 15) is 14.7 Å². The second-order valence-corrected chi connectivity index (χ2v) is 6.75. The van der Waals surface area contributed by atoms with Crippen LogP contribution in [0.5, 0.6) is 5.75 Å². The number of carbonyl (C=O) groups excluding carboxylic acids is 2. The molecule has 1 unspecified atom stereocenters. The number of aliphatic hydroxyl groups is 1. The first-order valence-electron chi connectivity index (χ1n) is 9.48. The van der Waals surface area contributed by atoms with E-state index >= 15 is 0 Å². The number of hydrogen-bond acceptors (Lipinski definition) is 6. The van der Waals surface area contributed by atoms with E-state index in [1.54, 1.807) is 41.3 Å². The van der Waals surface area contributed by atoms with Gasteiger partial charge in [0, 0.05) is 25.6 Å². The molecular formula is C22H25NO6. The van der Waals surface area contributed by atoms with Crippen LogP contribution >= 0.6 is 0 Å². The van der Waals surface area contributed by atoms with Crippen LogP contribution in [0, 0.1) is 0 Å². The number of aliphatic hydroxyl groups excluding tert-OH is 1. The van der Waals surface area contributed by atoms with Crippen LogP contribution < -0.4 is 4.74 Å². The summed E-state index contributed by atoms with van der Waals surface area (Å²) < 4.78 is 16.3. The minimum absolute atomic E-state index is 0.149. The fraction of sp³-hybridized carbons (Fsp3) is 0.364. The summed E-state index contributed by atoms with van der Waals surface area (Å²) in [6, 6.07) is 13.8. The fourth-order valence-electron chi connectivity index (χ4n) is 3.29. The third-order valence-electron chi connectivity index (χ3n) is 4.88. The van der Waals surface area contributed by atoms with Crippen molar-refractivity contribution in [3.8, 4) is 5.75 Å². The molecule has 29 heavy (non-hydrogen) atoms. The highest BCUT2D eigenvalue weighted by Gasteiger charge is 2.30. The molecular weight excluding hydrogens is 374 g/mol. The van der Waals surface area contributed by atoms with Gasteiger partial charge in [-0.15, -0.1) is 0 Å². The minimum atomic E-state index is -0.979. The molecule has 1 saturated heterocycles. The summed E-state index contributed by atoms with van der Waals surface area (Å²) in [6.45, 7) is 1.43. The molecule has 1 fully saturated rings. The molecule has 0 saturated carbocycles. The lowest BCUT2D eigenvalue weighted by Gasteiger charge is -2.36. The first-order chi connectivity index (χ1) is 14.1. The highest BCUT2D eigenvalue weighted by atomic mass is 16.6. The molecule has 2 aromatic rings. The molecule has 2 atom stereocenters. The lowest BCUT2D eigenvalue weighted by Crippen LogP contribution is -2.51. The Balaban J connectivity index is 1.76. The average molecular weight is 399 g/mol. The molecule has 0 aliphatic carbocycles. The number of aldehydes is 1. The first kappa shape index (κ1) is 21.0. The monoisotopic (exact) mass is 399 g/mol. The van der Waals surface area contributed by atoms with Crippen molar-refractivity contribution in [2.45, 2.75) is 18.8 Å². The molecule has 1 N–H and O–H groups in total. The maximum absolute atomic E-state index is 13.3. The summed E-state index contributed by atoms with van der Waals surface area (Å²) in [4.78, 5) is 26.2. The summed E-state index contributed by atoms with van der Waals surface area (Å²) in [5.74, 6) is 0.327. The summed E-state index contributed by atoms with van der Waals surface area (Å²) in [6.07, 6.45) is -0.0171. The molecule has 0 bridgehead atoms. The van der Waals surface area contributed by atoms with E-state index in [2.05, 4.69) is 0 Å². The molecule has 1 amide bonds. The predicted molar refractivity (Wildman–Crippen MR) is 106 cm³/mol. The molecule has 7 heteroatoms. The number of ether oxygens (including phenoxy) is 3. The highest BCUT2D eigenvalue weighted by Crippen LogP contribution is 2.20. The Morgan fingerprint density at radius 3 is 2.83 bits per heavy atom. The zero-order chi connectivity index (χ0) is 20.6. The minimum Gasteiger partial charge on any atom is -0.491 e. The number of amides is 1. The smallest absolute Gasteiger partial charge is 0.254 e. The van der Waals surface area contributed by atoms with Crippen molar-refractivity contribution in [1.29, 1.82) is 0 Å². The van der Waals surface area contributed by atoms with Crippen LogP contribution in [0.3, 0.4) is 0 Å². The zero-order valence-electron chi connectivity index (χ0n) is 16.3. The van der Waals surface area contributed by atoms with Crippen molar-refractivity contribution in [2.24, 2.45) is 0 Å². The Bertz CT molecular complexity index is 840. The van der Waals surface area contributed by atoms with Crippen LogP contribution in [0.15, 0.2) is 48.5 Å². The van der Waals surface area contributed by atoms with Gasteiger partial charge < -0.3 is 24.2 Å². The number of morpholine rings is 1. The van der Waals surface area contributed by atoms with E-state index in [1.165, 1.54) is 7.11 Å². The lowest BCUT2D eigenvalue weighted by molar-refractivity contribution is -0.0721. The molecule has 2 aromatic carbocycles. The number of nitrogens with zero attached hydrogens (tertiary/aromatic N) is 1. The van der Waals surface area contributed by atoms with E-state index in [4.69, 9.17) is 14.2 Å². The zero-order valence-corrected chi connectivity index (χ0v) is 16.3. The predicted octanol–water partition coefficient (Wildman–Crippen LogP) is 1.93. The third-order valence-corrected chi connectivity index (χ3v) is 4.88. The van der Waals surface area contributed by atoms with E-state index in [-0.39, 0.29) is 25.0 Å². The van der Waals surface area contributed by atoms with Crippen molar-refractivity contribution in [2.75, 3.05) is 33.5 Å². The van der Waals surface area contributed by atoms with Gasteiger partial charge in [-0.2, -0.15) is 0 Å². The maximum atomic E-state index is 13.3. The van der Waals surface area contributed by atoms with E-state index in [0.29, 0.717) is 42.2 Å². The summed E-state index contributed by atoms with van der Waals surface area (Å²) in [5, 5.41) is 9.82. The number of hydrogen-bond donors (Lipinski definition) is 1. The van der Waals surface area contributed by atoms with Crippen LogP contribution in [0.2, 0.25) is 0 Å². The molecule has 3 rings (SSSR count). The van der Waals surface area contributed by atoms with Crippen LogP contribution in [0.1, 0.15) is 26.3 Å². The molecule has 154 valence electrons. The third kappa shape index (κ3) is 5.20. The van der Waals surface area contributed by atoms with Gasteiger partial charge in [-0.3, -0.25) is 9.59 Å². The van der Waals surface area contributed by atoms with Crippen LogP contribution in [-0.4, -0.2) is 68.0 Å². The quantitative estimate of drug-likeness (QED) is 0.539. The normalized spacial score (nSPS) is 17.6. The Kier molecular flexibility index (Phi) is 7.35. The van der Waals surface area contributed by atoms with Crippen molar-refractivity contribution < 1.29 is 28.9 Å². The van der Waals surface area contributed by atoms with Gasteiger partial charge in [-0.05, 0) is 23.8 Å². The van der Waals surface area contributed by atoms with Crippen molar-refractivity contribution >= 4 is 12.2 Å². The molecule has 0 aromatic heterocycles. The van der Waals surface area contributed by atoms with E-state index in [1.807, 2.05) is 12.1 Å². The second-order valence-electron chi connectivity index (χ2n) is 6.75. The van der Waals surface area contributed by atoms with Crippen LogP contribution in [0.4, 0.5) is 0 Å². The molecule has 0 radical (unpaired) electrons. The molecule has 7 nitrogen and oxygen atoms in total. The highest BCUT2D eigenvalue weighted by molar-refractivity contribution is 5.96. The van der Waals surface area contributed by atoms with Crippen LogP contribution in [0.25, 0.3) is 0 Å². The summed E-state index contributed by atoms with van der Waals surface area (Å²) in [7, 11) is 1.42. The number of benzene rings is 2. The molecule has 0 spiro atoms. The summed E-state index contributed by atoms with van der Waals surface area (Å²) in [5.41, 5.74) is 1.69. The average Bonchev–Trinajstić information content (AvgIpc) is 2.78. The second kappa shape index (κ2) is 10.2. The Hall–Kier alpha value is -2.74. The van der Waals surface area contributed by atoms with Crippen LogP contribution in [-0.2, 0) is 15.9 Å². The fourth-order valence-corrected chi connectivity index (χ4v) is 3.29. The molecule has 1 heterocycles. The maximum Gasteiger partial charge on any atom is 0.254 e. The standard InChI is InChI=1S/C22H25NO6/c1-27-21(25)12-16-6-2-4-8-19(16)22(26)23-10-11-28-14-18(23)15-29-20-9-5-3-7-17(20)13-24/h2-9,13,18,21,25H,10-12,14-15H2,1H3/t18-,21?/m0/s1. The first-order valence-corrected chi connectivity index (χ1v) is 9.48. The largest absolute Gasteiger partial charge is 0.491 e. The Morgan fingerprint density at radius 2 is 2.03 bits per heavy atom. The lowest BCUT2D eigenvalue weighted by atomic mass is 10.0. The van der Waals surface area contributed by atoms with Gasteiger partial charge in [0.2, 0.25) is 0 Å². The molecule has 1 aliphatic heterocycles. The topological polar surface area (TPSA) is 85.3 Å². The van der Waals surface area contributed by atoms with Gasteiger partial charge in [-0.25, -0.2) is 0 Å². The van der Waals surface area contributed by atoms with E-state index in [0.717, 1.165) is 6.29 Å². The van der Waals surface area contributed by atoms with Gasteiger partial charge in [0.05, 0.1) is 24.8 Å². The van der Waals surface area contributed by atoms with Gasteiger partial charge in [0.25, 0.3) is 5.91 Å².